The van der Waals surface area contributed by atoms with Crippen molar-refractivity contribution in [1.29, 1.82) is 0 Å². The summed E-state index contributed by atoms with van der Waals surface area (Å²) in [5.41, 5.74) is 6.89. The van der Waals surface area contributed by atoms with Gasteiger partial charge in [-0.15, -0.1) is 10.2 Å². The number of halogens is 3. The Bertz CT molecular complexity index is 728. The van der Waals surface area contributed by atoms with Gasteiger partial charge in [0.2, 0.25) is 11.7 Å². The quantitative estimate of drug-likeness (QED) is 0.912. The fourth-order valence-electron chi connectivity index (χ4n) is 2.75. The summed E-state index contributed by atoms with van der Waals surface area (Å²) >= 11 is 0. The zero-order valence-electron chi connectivity index (χ0n) is 12.7. The Balaban J connectivity index is 1.69. The number of rotatable bonds is 3. The molecule has 0 fully saturated rings. The highest BCUT2D eigenvalue weighted by Gasteiger charge is 2.40. The summed E-state index contributed by atoms with van der Waals surface area (Å²) in [5, 5.41) is 6.75. The molecular weight excluding hydrogens is 323 g/mol. The van der Waals surface area contributed by atoms with Crippen LogP contribution in [0.15, 0.2) is 30.3 Å². The van der Waals surface area contributed by atoms with Crippen molar-refractivity contribution in [3.8, 4) is 0 Å². The Morgan fingerprint density at radius 2 is 1.92 bits per heavy atom. The molecule has 128 valence electrons. The molecule has 0 radical (unpaired) electrons. The molecule has 2 aromatic rings. The van der Waals surface area contributed by atoms with Gasteiger partial charge in [-0.2, -0.15) is 13.2 Å². The van der Waals surface area contributed by atoms with Gasteiger partial charge in [-0.25, -0.2) is 0 Å². The maximum absolute atomic E-state index is 12.8. The zero-order valence-corrected chi connectivity index (χ0v) is 12.7. The minimum atomic E-state index is -4.55. The topological polar surface area (TPSA) is 77.0 Å². The summed E-state index contributed by atoms with van der Waals surface area (Å²) in [6.45, 7) is 0.126. The SMILES string of the molecule is NC(Cc1ccccc1)C(=O)N1CCn2c(nnc2C(F)(F)F)C1. The van der Waals surface area contributed by atoms with E-state index >= 15 is 0 Å². The van der Waals surface area contributed by atoms with E-state index < -0.39 is 18.0 Å². The molecule has 1 unspecified atom stereocenters. The molecule has 0 saturated heterocycles. The summed E-state index contributed by atoms with van der Waals surface area (Å²) in [4.78, 5) is 13.9. The van der Waals surface area contributed by atoms with Gasteiger partial charge in [0.05, 0.1) is 12.6 Å². The fourth-order valence-corrected chi connectivity index (χ4v) is 2.75. The van der Waals surface area contributed by atoms with E-state index in [0.717, 1.165) is 10.1 Å². The number of alkyl halides is 3. The maximum Gasteiger partial charge on any atom is 0.451 e. The monoisotopic (exact) mass is 339 g/mol. The average molecular weight is 339 g/mol. The third-order valence-electron chi connectivity index (χ3n) is 3.93. The number of hydrogen-bond donors (Lipinski definition) is 1. The van der Waals surface area contributed by atoms with E-state index in [1.165, 1.54) is 4.90 Å². The number of hydrogen-bond acceptors (Lipinski definition) is 4. The number of amides is 1. The molecule has 0 saturated carbocycles. The lowest BCUT2D eigenvalue weighted by Crippen LogP contribution is -2.48. The van der Waals surface area contributed by atoms with E-state index in [0.29, 0.717) is 6.42 Å². The number of benzene rings is 1. The standard InChI is InChI=1S/C15H16F3N5O/c16-15(17,18)14-21-20-12-9-22(6-7-23(12)14)13(24)11(19)8-10-4-2-1-3-5-10/h1-5,11H,6-9,19H2. The van der Waals surface area contributed by atoms with Gasteiger partial charge >= 0.3 is 6.18 Å². The number of nitrogens with two attached hydrogens (primary N) is 1. The van der Waals surface area contributed by atoms with Crippen LogP contribution in [-0.2, 0) is 30.5 Å². The Hall–Kier alpha value is -2.42. The second-order valence-corrected chi connectivity index (χ2v) is 5.65. The number of fused-ring (bicyclic) bond motifs is 1. The van der Waals surface area contributed by atoms with Gasteiger partial charge in [0.25, 0.3) is 0 Å². The molecule has 2 N–H and O–H groups in total. The van der Waals surface area contributed by atoms with Crippen LogP contribution < -0.4 is 5.73 Å². The maximum atomic E-state index is 12.8. The number of carbonyl (C=O) groups is 1. The molecule has 0 aliphatic carbocycles. The second kappa shape index (κ2) is 6.23. The molecule has 3 rings (SSSR count). The second-order valence-electron chi connectivity index (χ2n) is 5.65. The number of nitrogens with zero attached hydrogens (tertiary/aromatic N) is 4. The Morgan fingerprint density at radius 3 is 2.58 bits per heavy atom. The predicted octanol–water partition coefficient (Wildman–Crippen LogP) is 1.21. The van der Waals surface area contributed by atoms with Crippen molar-refractivity contribution in [2.45, 2.75) is 31.7 Å². The van der Waals surface area contributed by atoms with Crippen LogP contribution in [0.4, 0.5) is 13.2 Å². The van der Waals surface area contributed by atoms with Gasteiger partial charge in [0.1, 0.15) is 0 Å². The minimum Gasteiger partial charge on any atom is -0.332 e. The molecule has 24 heavy (non-hydrogen) atoms. The third kappa shape index (κ3) is 3.25. The van der Waals surface area contributed by atoms with Crippen molar-refractivity contribution in [1.82, 2.24) is 19.7 Å². The van der Waals surface area contributed by atoms with Crippen LogP contribution in [0.2, 0.25) is 0 Å². The van der Waals surface area contributed by atoms with Crippen LogP contribution in [0, 0.1) is 0 Å². The van der Waals surface area contributed by atoms with E-state index in [2.05, 4.69) is 10.2 Å². The van der Waals surface area contributed by atoms with E-state index in [4.69, 9.17) is 5.73 Å². The van der Waals surface area contributed by atoms with Gasteiger partial charge in [-0.05, 0) is 12.0 Å². The van der Waals surface area contributed by atoms with Gasteiger partial charge in [0, 0.05) is 13.1 Å². The largest absolute Gasteiger partial charge is 0.451 e. The number of aromatic nitrogens is 3. The van der Waals surface area contributed by atoms with Crippen molar-refractivity contribution >= 4 is 5.91 Å². The number of carbonyl (C=O) groups excluding carboxylic acids is 1. The van der Waals surface area contributed by atoms with Crippen LogP contribution in [0.1, 0.15) is 17.2 Å². The van der Waals surface area contributed by atoms with Crippen molar-refractivity contribution in [2.75, 3.05) is 6.54 Å². The first-order valence-electron chi connectivity index (χ1n) is 7.44. The molecule has 2 heterocycles. The Kier molecular flexibility index (Phi) is 4.27. The molecule has 1 aromatic carbocycles. The molecular formula is C15H16F3N5O. The van der Waals surface area contributed by atoms with Crippen LogP contribution in [0.5, 0.6) is 0 Å². The summed E-state index contributed by atoms with van der Waals surface area (Å²) in [6.07, 6.45) is -4.18. The molecule has 1 aromatic heterocycles. The van der Waals surface area contributed by atoms with Crippen molar-refractivity contribution in [3.05, 3.63) is 47.5 Å². The summed E-state index contributed by atoms with van der Waals surface area (Å²) in [7, 11) is 0. The highest BCUT2D eigenvalue weighted by atomic mass is 19.4. The van der Waals surface area contributed by atoms with Crippen LogP contribution in [-0.4, -0.2) is 38.2 Å². The van der Waals surface area contributed by atoms with Crippen LogP contribution in [0.25, 0.3) is 0 Å². The summed E-state index contributed by atoms with van der Waals surface area (Å²) in [6, 6.07) is 8.57. The highest BCUT2D eigenvalue weighted by Crippen LogP contribution is 2.29. The molecule has 1 aliphatic heterocycles. The summed E-state index contributed by atoms with van der Waals surface area (Å²) < 4.78 is 39.4. The molecule has 9 heteroatoms. The predicted molar refractivity (Wildman–Crippen MR) is 78.6 cm³/mol. The van der Waals surface area contributed by atoms with Crippen LogP contribution >= 0.6 is 0 Å². The van der Waals surface area contributed by atoms with Gasteiger partial charge in [-0.1, -0.05) is 30.3 Å². The normalized spacial score (nSPS) is 15.9. The van der Waals surface area contributed by atoms with Crippen molar-refractivity contribution in [3.63, 3.8) is 0 Å². The molecule has 1 aliphatic rings. The highest BCUT2D eigenvalue weighted by molar-refractivity contribution is 5.82. The lowest BCUT2D eigenvalue weighted by Gasteiger charge is -2.30. The molecule has 0 spiro atoms. The molecule has 1 amide bonds. The van der Waals surface area contributed by atoms with E-state index in [9.17, 15) is 18.0 Å². The molecule has 0 bridgehead atoms. The lowest BCUT2D eigenvalue weighted by atomic mass is 10.1. The van der Waals surface area contributed by atoms with Gasteiger partial charge in [0.15, 0.2) is 5.82 Å². The summed E-state index contributed by atoms with van der Waals surface area (Å²) in [5.74, 6) is -1.21. The molecule has 6 nitrogen and oxygen atoms in total. The smallest absolute Gasteiger partial charge is 0.332 e. The Morgan fingerprint density at radius 1 is 1.21 bits per heavy atom. The Labute approximate surface area is 136 Å². The van der Waals surface area contributed by atoms with Gasteiger partial charge < -0.3 is 15.2 Å². The van der Waals surface area contributed by atoms with Crippen molar-refractivity contribution in [2.24, 2.45) is 5.73 Å². The molecule has 1 atom stereocenters. The van der Waals surface area contributed by atoms with Crippen LogP contribution in [0.3, 0.4) is 0 Å². The van der Waals surface area contributed by atoms with Gasteiger partial charge in [-0.3, -0.25) is 4.79 Å². The first-order valence-corrected chi connectivity index (χ1v) is 7.44. The van der Waals surface area contributed by atoms with Crippen molar-refractivity contribution < 1.29 is 18.0 Å². The first kappa shape index (κ1) is 16.4. The lowest BCUT2D eigenvalue weighted by molar-refractivity contribution is -0.148. The third-order valence-corrected chi connectivity index (χ3v) is 3.93. The minimum absolute atomic E-state index is 0.000966. The average Bonchev–Trinajstić information content (AvgIpc) is 2.98. The van der Waals surface area contributed by atoms with E-state index in [1.54, 1.807) is 0 Å². The first-order chi connectivity index (χ1) is 11.4. The fraction of sp³-hybridized carbons (Fsp3) is 0.400. The van der Waals surface area contributed by atoms with E-state index in [1.807, 2.05) is 30.3 Å². The van der Waals surface area contributed by atoms with E-state index in [-0.39, 0.29) is 31.4 Å². The zero-order chi connectivity index (χ0) is 17.3.